The third-order valence-corrected chi connectivity index (χ3v) is 4.33. The smallest absolute Gasteiger partial charge is 0.240 e. The van der Waals surface area contributed by atoms with Gasteiger partial charge in [-0.3, -0.25) is 0 Å². The molecule has 0 saturated carbocycles. The van der Waals surface area contributed by atoms with E-state index in [4.69, 9.17) is 15.2 Å². The van der Waals surface area contributed by atoms with E-state index in [0.29, 0.717) is 24.7 Å². The van der Waals surface area contributed by atoms with Crippen molar-refractivity contribution in [2.75, 3.05) is 19.8 Å². The first kappa shape index (κ1) is 14.1. The van der Waals surface area contributed by atoms with Gasteiger partial charge in [-0.15, -0.1) is 0 Å². The van der Waals surface area contributed by atoms with Crippen LogP contribution in [0.25, 0.3) is 0 Å². The maximum atomic E-state index is 12.1. The van der Waals surface area contributed by atoms with Gasteiger partial charge >= 0.3 is 0 Å². The predicted octanol–water partition coefficient (Wildman–Crippen LogP) is 0.473. The molecule has 0 spiro atoms. The maximum Gasteiger partial charge on any atom is 0.240 e. The SMILES string of the molecule is CC(CN)NS(=O)(=O)c1ccc2c(c1)OCCCO2. The van der Waals surface area contributed by atoms with Crippen LogP contribution in [0.15, 0.2) is 23.1 Å². The second-order valence-corrected chi connectivity index (χ2v) is 6.13. The van der Waals surface area contributed by atoms with Crippen molar-refractivity contribution in [2.45, 2.75) is 24.3 Å². The van der Waals surface area contributed by atoms with Crippen LogP contribution >= 0.6 is 0 Å². The third-order valence-electron chi connectivity index (χ3n) is 2.74. The van der Waals surface area contributed by atoms with E-state index in [2.05, 4.69) is 4.72 Å². The molecule has 3 N–H and O–H groups in total. The molecule has 1 atom stereocenters. The van der Waals surface area contributed by atoms with E-state index in [-0.39, 0.29) is 17.5 Å². The molecule has 19 heavy (non-hydrogen) atoms. The fourth-order valence-electron chi connectivity index (χ4n) is 1.69. The fourth-order valence-corrected chi connectivity index (χ4v) is 2.96. The van der Waals surface area contributed by atoms with Crippen molar-refractivity contribution in [1.29, 1.82) is 0 Å². The van der Waals surface area contributed by atoms with Crippen molar-refractivity contribution in [1.82, 2.24) is 4.72 Å². The van der Waals surface area contributed by atoms with Gasteiger partial charge in [0.15, 0.2) is 11.5 Å². The van der Waals surface area contributed by atoms with Crippen molar-refractivity contribution in [3.05, 3.63) is 18.2 Å². The lowest BCUT2D eigenvalue weighted by atomic mass is 10.3. The number of sulfonamides is 1. The number of fused-ring (bicyclic) bond motifs is 1. The van der Waals surface area contributed by atoms with Gasteiger partial charge in [-0.05, 0) is 19.1 Å². The lowest BCUT2D eigenvalue weighted by Gasteiger charge is -2.13. The summed E-state index contributed by atoms with van der Waals surface area (Å²) >= 11 is 0. The summed E-state index contributed by atoms with van der Waals surface area (Å²) in [5.41, 5.74) is 5.42. The van der Waals surface area contributed by atoms with Gasteiger partial charge in [0.1, 0.15) is 0 Å². The van der Waals surface area contributed by atoms with Gasteiger partial charge in [-0.2, -0.15) is 0 Å². The van der Waals surface area contributed by atoms with Crippen LogP contribution < -0.4 is 19.9 Å². The van der Waals surface area contributed by atoms with Gasteiger partial charge in [0.25, 0.3) is 0 Å². The predicted molar refractivity (Wildman–Crippen MR) is 70.9 cm³/mol. The van der Waals surface area contributed by atoms with E-state index in [1.807, 2.05) is 0 Å². The van der Waals surface area contributed by atoms with Crippen molar-refractivity contribution in [2.24, 2.45) is 5.73 Å². The highest BCUT2D eigenvalue weighted by Gasteiger charge is 2.20. The minimum Gasteiger partial charge on any atom is -0.490 e. The molecule has 1 aromatic carbocycles. The van der Waals surface area contributed by atoms with Crippen LogP contribution in [0.1, 0.15) is 13.3 Å². The Morgan fingerprint density at radius 1 is 1.32 bits per heavy atom. The number of hydrogen-bond acceptors (Lipinski definition) is 5. The molecule has 0 aliphatic carbocycles. The number of nitrogens with one attached hydrogen (secondary N) is 1. The van der Waals surface area contributed by atoms with Gasteiger partial charge in [0.05, 0.1) is 18.1 Å². The minimum absolute atomic E-state index is 0.150. The molecular formula is C12H18N2O4S. The number of rotatable bonds is 4. The highest BCUT2D eigenvalue weighted by molar-refractivity contribution is 7.89. The summed E-state index contributed by atoms with van der Waals surface area (Å²) in [6.45, 7) is 3.04. The van der Waals surface area contributed by atoms with E-state index in [0.717, 1.165) is 6.42 Å². The molecule has 1 aromatic rings. The van der Waals surface area contributed by atoms with E-state index in [9.17, 15) is 8.42 Å². The molecule has 0 aromatic heterocycles. The first-order valence-corrected chi connectivity index (χ1v) is 7.63. The summed E-state index contributed by atoms with van der Waals surface area (Å²) in [5, 5.41) is 0. The van der Waals surface area contributed by atoms with E-state index >= 15 is 0 Å². The highest BCUT2D eigenvalue weighted by atomic mass is 32.2. The van der Waals surface area contributed by atoms with E-state index < -0.39 is 10.0 Å². The lowest BCUT2D eigenvalue weighted by molar-refractivity contribution is 0.297. The zero-order chi connectivity index (χ0) is 13.9. The first-order chi connectivity index (χ1) is 9.03. The van der Waals surface area contributed by atoms with Crippen LogP contribution in [0.5, 0.6) is 11.5 Å². The summed E-state index contributed by atoms with van der Waals surface area (Å²) in [6, 6.07) is 4.27. The molecule has 0 saturated heterocycles. The van der Waals surface area contributed by atoms with Gasteiger partial charge in [0, 0.05) is 25.1 Å². The van der Waals surface area contributed by atoms with Gasteiger partial charge in [0.2, 0.25) is 10.0 Å². The summed E-state index contributed by atoms with van der Waals surface area (Å²) in [6.07, 6.45) is 0.777. The average Bonchev–Trinajstić information content (AvgIpc) is 2.62. The molecule has 0 radical (unpaired) electrons. The van der Waals surface area contributed by atoms with Crippen molar-refractivity contribution < 1.29 is 17.9 Å². The van der Waals surface area contributed by atoms with E-state index in [1.54, 1.807) is 13.0 Å². The van der Waals surface area contributed by atoms with Crippen molar-refractivity contribution in [3.8, 4) is 11.5 Å². The monoisotopic (exact) mass is 286 g/mol. The Kier molecular flexibility index (Phi) is 4.28. The molecule has 7 heteroatoms. The molecule has 0 fully saturated rings. The average molecular weight is 286 g/mol. The Morgan fingerprint density at radius 3 is 2.68 bits per heavy atom. The third kappa shape index (κ3) is 3.37. The molecular weight excluding hydrogens is 268 g/mol. The lowest BCUT2D eigenvalue weighted by Crippen LogP contribution is -2.37. The quantitative estimate of drug-likeness (QED) is 0.840. The maximum absolute atomic E-state index is 12.1. The fraction of sp³-hybridized carbons (Fsp3) is 0.500. The van der Waals surface area contributed by atoms with Crippen LogP contribution in [0, 0.1) is 0 Å². The Morgan fingerprint density at radius 2 is 2.00 bits per heavy atom. The normalized spacial score (nSPS) is 16.7. The molecule has 1 aliphatic rings. The Bertz CT molecular complexity index is 545. The molecule has 1 aliphatic heterocycles. The molecule has 2 rings (SSSR count). The van der Waals surface area contributed by atoms with E-state index in [1.165, 1.54) is 12.1 Å². The summed E-state index contributed by atoms with van der Waals surface area (Å²) < 4.78 is 37.6. The number of benzene rings is 1. The van der Waals surface area contributed by atoms with Gasteiger partial charge in [-0.25, -0.2) is 13.1 Å². The number of nitrogens with two attached hydrogens (primary N) is 1. The Balaban J connectivity index is 2.28. The Hall–Kier alpha value is -1.31. The van der Waals surface area contributed by atoms with Crippen molar-refractivity contribution in [3.63, 3.8) is 0 Å². The summed E-state index contributed by atoms with van der Waals surface area (Å²) in [7, 11) is -3.58. The second-order valence-electron chi connectivity index (χ2n) is 4.42. The highest BCUT2D eigenvalue weighted by Crippen LogP contribution is 2.31. The summed E-state index contributed by atoms with van der Waals surface area (Å²) in [5.74, 6) is 1.03. The summed E-state index contributed by atoms with van der Waals surface area (Å²) in [4.78, 5) is 0.150. The zero-order valence-corrected chi connectivity index (χ0v) is 11.6. The molecule has 1 unspecified atom stereocenters. The van der Waals surface area contributed by atoms with Gasteiger partial charge in [-0.1, -0.05) is 0 Å². The standard InChI is InChI=1S/C12H18N2O4S/c1-9(8-13)14-19(15,16)10-3-4-11-12(7-10)18-6-2-5-17-11/h3-4,7,9,14H,2,5-6,8,13H2,1H3. The van der Waals surface area contributed by atoms with Crippen LogP contribution in [0.3, 0.4) is 0 Å². The van der Waals surface area contributed by atoms with Crippen LogP contribution in [-0.2, 0) is 10.0 Å². The van der Waals surface area contributed by atoms with Crippen LogP contribution in [0.2, 0.25) is 0 Å². The molecule has 0 amide bonds. The molecule has 106 valence electrons. The zero-order valence-electron chi connectivity index (χ0n) is 10.8. The van der Waals surface area contributed by atoms with Gasteiger partial charge < -0.3 is 15.2 Å². The topological polar surface area (TPSA) is 90.7 Å². The largest absolute Gasteiger partial charge is 0.490 e. The van der Waals surface area contributed by atoms with Crippen molar-refractivity contribution >= 4 is 10.0 Å². The first-order valence-electron chi connectivity index (χ1n) is 6.15. The Labute approximate surface area is 112 Å². The number of ether oxygens (including phenoxy) is 2. The molecule has 0 bridgehead atoms. The minimum atomic E-state index is -3.58. The number of hydrogen-bond donors (Lipinski definition) is 2. The molecule has 6 nitrogen and oxygen atoms in total. The van der Waals surface area contributed by atoms with Crippen LogP contribution in [0.4, 0.5) is 0 Å². The van der Waals surface area contributed by atoms with Crippen LogP contribution in [-0.4, -0.2) is 34.2 Å². The second kappa shape index (κ2) is 5.77. The molecule has 1 heterocycles.